The molecule has 1 aromatic carbocycles. The number of halogens is 1. The van der Waals surface area contributed by atoms with Crippen molar-refractivity contribution in [2.45, 2.75) is 46.2 Å². The number of carbonyl (C=O) groups excluding carboxylic acids is 1. The summed E-state index contributed by atoms with van der Waals surface area (Å²) in [6, 6.07) is 11.2. The first kappa shape index (κ1) is 20.6. The number of H-pyrrole nitrogens is 1. The van der Waals surface area contributed by atoms with Crippen LogP contribution in [0.25, 0.3) is 0 Å². The Labute approximate surface area is 167 Å². The van der Waals surface area contributed by atoms with Crippen LogP contribution in [0.15, 0.2) is 42.6 Å². The lowest BCUT2D eigenvalue weighted by molar-refractivity contribution is -0.136. The number of nitrogens with one attached hydrogen (secondary N) is 1. The van der Waals surface area contributed by atoms with E-state index in [2.05, 4.69) is 29.8 Å². The number of benzene rings is 1. The van der Waals surface area contributed by atoms with E-state index in [1.54, 1.807) is 12.1 Å². The summed E-state index contributed by atoms with van der Waals surface area (Å²) in [7, 11) is 0. The van der Waals surface area contributed by atoms with E-state index in [-0.39, 0.29) is 29.6 Å². The Balaban J connectivity index is 1.81. The Hall–Kier alpha value is -2.14. The van der Waals surface area contributed by atoms with E-state index in [9.17, 15) is 9.18 Å². The topological polar surface area (TPSA) is 39.3 Å². The van der Waals surface area contributed by atoms with Crippen molar-refractivity contribution in [2.24, 2.45) is 11.8 Å². The number of nitrogens with zero attached hydrogens (tertiary/aromatic N) is 2. The average Bonchev–Trinajstić information content (AvgIpc) is 3.29. The van der Waals surface area contributed by atoms with Gasteiger partial charge in [-0.3, -0.25) is 9.69 Å². The number of aromatic amines is 1. The minimum Gasteiger partial charge on any atom is -0.364 e. The molecule has 1 aromatic heterocycles. The molecule has 1 amide bonds. The summed E-state index contributed by atoms with van der Waals surface area (Å²) in [5.41, 5.74) is 2.35. The smallest absolute Gasteiger partial charge is 0.225 e. The predicted molar refractivity (Wildman–Crippen MR) is 110 cm³/mol. The van der Waals surface area contributed by atoms with Gasteiger partial charge < -0.3 is 9.88 Å². The van der Waals surface area contributed by atoms with Crippen molar-refractivity contribution in [3.63, 3.8) is 0 Å². The van der Waals surface area contributed by atoms with Gasteiger partial charge in [0.1, 0.15) is 5.82 Å². The monoisotopic (exact) mass is 385 g/mol. The average molecular weight is 386 g/mol. The molecule has 152 valence electrons. The molecule has 2 heterocycles. The third-order valence-electron chi connectivity index (χ3n) is 5.70. The Morgan fingerprint density at radius 2 is 1.89 bits per heavy atom. The third kappa shape index (κ3) is 4.82. The molecule has 1 saturated heterocycles. The standard InChI is InChI=1S/C23H32FN3O/c1-16(2)23(28)27(17(3)4)13-19-12-26(14-21-6-5-11-25-21)15-22(19)18-7-9-20(24)10-8-18/h5-11,16-17,19,22,25H,12-15H2,1-4H3. The molecule has 2 unspecified atom stereocenters. The lowest BCUT2D eigenvalue weighted by Crippen LogP contribution is -2.43. The van der Waals surface area contributed by atoms with Crippen LogP contribution in [0.4, 0.5) is 4.39 Å². The number of rotatable bonds is 7. The number of carbonyl (C=O) groups is 1. The summed E-state index contributed by atoms with van der Waals surface area (Å²) >= 11 is 0. The number of hydrogen-bond acceptors (Lipinski definition) is 2. The molecule has 5 heteroatoms. The fourth-order valence-corrected chi connectivity index (χ4v) is 4.21. The van der Waals surface area contributed by atoms with E-state index in [0.717, 1.165) is 31.7 Å². The van der Waals surface area contributed by atoms with Crippen LogP contribution in [0.1, 0.15) is 44.9 Å². The molecule has 28 heavy (non-hydrogen) atoms. The fraction of sp³-hybridized carbons (Fsp3) is 0.522. The van der Waals surface area contributed by atoms with Crippen LogP contribution < -0.4 is 0 Å². The molecule has 0 saturated carbocycles. The van der Waals surface area contributed by atoms with Crippen LogP contribution in [-0.4, -0.2) is 46.4 Å². The third-order valence-corrected chi connectivity index (χ3v) is 5.70. The molecule has 0 spiro atoms. The summed E-state index contributed by atoms with van der Waals surface area (Å²) in [5.74, 6) is 0.599. The molecule has 1 fully saturated rings. The van der Waals surface area contributed by atoms with Crippen molar-refractivity contribution in [3.05, 3.63) is 59.7 Å². The summed E-state index contributed by atoms with van der Waals surface area (Å²) in [5, 5.41) is 0. The Kier molecular flexibility index (Phi) is 6.55. The summed E-state index contributed by atoms with van der Waals surface area (Å²) in [6.07, 6.45) is 1.95. The van der Waals surface area contributed by atoms with Gasteiger partial charge in [0.25, 0.3) is 0 Å². The number of aromatic nitrogens is 1. The van der Waals surface area contributed by atoms with Crippen LogP contribution in [0, 0.1) is 17.7 Å². The maximum absolute atomic E-state index is 13.4. The fourth-order valence-electron chi connectivity index (χ4n) is 4.21. The predicted octanol–water partition coefficient (Wildman–Crippen LogP) is 4.26. The first-order valence-electron chi connectivity index (χ1n) is 10.3. The van der Waals surface area contributed by atoms with Crippen molar-refractivity contribution in [1.82, 2.24) is 14.8 Å². The zero-order valence-electron chi connectivity index (χ0n) is 17.4. The second-order valence-corrected chi connectivity index (χ2v) is 8.55. The molecule has 0 radical (unpaired) electrons. The van der Waals surface area contributed by atoms with Gasteiger partial charge >= 0.3 is 0 Å². The van der Waals surface area contributed by atoms with Gasteiger partial charge in [0.2, 0.25) is 5.91 Å². The Bertz CT molecular complexity index is 755. The van der Waals surface area contributed by atoms with Gasteiger partial charge in [0.05, 0.1) is 0 Å². The van der Waals surface area contributed by atoms with Gasteiger partial charge in [-0.25, -0.2) is 4.39 Å². The van der Waals surface area contributed by atoms with Crippen molar-refractivity contribution < 1.29 is 9.18 Å². The molecule has 0 aliphatic carbocycles. The molecular weight excluding hydrogens is 353 g/mol. The molecule has 1 aliphatic heterocycles. The number of hydrogen-bond donors (Lipinski definition) is 1. The zero-order chi connectivity index (χ0) is 20.3. The van der Waals surface area contributed by atoms with E-state index < -0.39 is 0 Å². The second-order valence-electron chi connectivity index (χ2n) is 8.55. The van der Waals surface area contributed by atoms with Crippen LogP contribution in [0.2, 0.25) is 0 Å². The summed E-state index contributed by atoms with van der Waals surface area (Å²) in [6.45, 7) is 11.5. The minimum absolute atomic E-state index is 0.0110. The highest BCUT2D eigenvalue weighted by molar-refractivity contribution is 5.78. The normalized spacial score (nSPS) is 20.2. The van der Waals surface area contributed by atoms with Gasteiger partial charge in [-0.2, -0.15) is 0 Å². The molecule has 1 aliphatic rings. The maximum Gasteiger partial charge on any atom is 0.225 e. The highest BCUT2D eigenvalue weighted by atomic mass is 19.1. The van der Waals surface area contributed by atoms with Crippen LogP contribution in [-0.2, 0) is 11.3 Å². The largest absolute Gasteiger partial charge is 0.364 e. The minimum atomic E-state index is -0.208. The molecule has 2 aromatic rings. The van der Waals surface area contributed by atoms with Gasteiger partial charge in [-0.1, -0.05) is 26.0 Å². The van der Waals surface area contributed by atoms with Crippen LogP contribution in [0.3, 0.4) is 0 Å². The van der Waals surface area contributed by atoms with E-state index in [1.165, 1.54) is 5.69 Å². The van der Waals surface area contributed by atoms with Crippen molar-refractivity contribution in [2.75, 3.05) is 19.6 Å². The number of likely N-dealkylation sites (tertiary alicyclic amines) is 1. The van der Waals surface area contributed by atoms with Gasteiger partial charge in [-0.05, 0) is 49.6 Å². The molecule has 4 nitrogen and oxygen atoms in total. The maximum atomic E-state index is 13.4. The zero-order valence-corrected chi connectivity index (χ0v) is 17.4. The van der Waals surface area contributed by atoms with E-state index >= 15 is 0 Å². The highest BCUT2D eigenvalue weighted by Crippen LogP contribution is 2.34. The molecule has 2 atom stereocenters. The van der Waals surface area contributed by atoms with E-state index in [0.29, 0.717) is 5.92 Å². The molecular formula is C23H32FN3O. The first-order chi connectivity index (χ1) is 13.3. The van der Waals surface area contributed by atoms with Gasteiger partial charge in [0.15, 0.2) is 0 Å². The van der Waals surface area contributed by atoms with Crippen LogP contribution in [0.5, 0.6) is 0 Å². The lowest BCUT2D eigenvalue weighted by Gasteiger charge is -2.33. The van der Waals surface area contributed by atoms with Crippen molar-refractivity contribution >= 4 is 5.91 Å². The lowest BCUT2D eigenvalue weighted by atomic mass is 9.88. The summed E-state index contributed by atoms with van der Waals surface area (Å²) < 4.78 is 13.4. The summed E-state index contributed by atoms with van der Waals surface area (Å²) in [4.78, 5) is 20.5. The second kappa shape index (κ2) is 8.91. The SMILES string of the molecule is CC(C)C(=O)N(CC1CN(Cc2ccc[nH]2)CC1c1ccc(F)cc1)C(C)C. The molecule has 1 N–H and O–H groups in total. The van der Waals surface area contributed by atoms with Crippen molar-refractivity contribution in [1.29, 1.82) is 0 Å². The first-order valence-corrected chi connectivity index (χ1v) is 10.3. The van der Waals surface area contributed by atoms with Gasteiger partial charge in [-0.15, -0.1) is 0 Å². The number of amides is 1. The van der Waals surface area contributed by atoms with E-state index in [4.69, 9.17) is 0 Å². The van der Waals surface area contributed by atoms with E-state index in [1.807, 2.05) is 43.1 Å². The molecule has 0 bridgehead atoms. The Morgan fingerprint density at radius 3 is 2.46 bits per heavy atom. The van der Waals surface area contributed by atoms with Gasteiger partial charge in [0, 0.05) is 55.9 Å². The van der Waals surface area contributed by atoms with Crippen molar-refractivity contribution in [3.8, 4) is 0 Å². The Morgan fingerprint density at radius 1 is 1.18 bits per heavy atom. The quantitative estimate of drug-likeness (QED) is 0.773. The molecule has 3 rings (SSSR count). The highest BCUT2D eigenvalue weighted by Gasteiger charge is 2.36. The van der Waals surface area contributed by atoms with Crippen LogP contribution >= 0.6 is 0 Å².